The maximum absolute atomic E-state index is 12.0. The largest absolute Gasteiger partial charge is 0.508 e. The molecule has 0 radical (unpaired) electrons. The highest BCUT2D eigenvalue weighted by Gasteiger charge is 2.44. The molecule has 2 aromatic rings. The minimum atomic E-state index is -1.56. The Balaban J connectivity index is 1.64. The number of phenolic OH excluding ortho intramolecular Hbond substituents is 1. The zero-order valence-electron chi connectivity index (χ0n) is 21.7. The van der Waals surface area contributed by atoms with Gasteiger partial charge in [0.05, 0.1) is 26.4 Å². The zero-order valence-corrected chi connectivity index (χ0v) is 21.7. The molecule has 5 unspecified atom stereocenters. The first-order chi connectivity index (χ1) is 18.6. The first kappa shape index (κ1) is 30.7. The molecule has 3 rings (SSSR count). The molecule has 1 heterocycles. The van der Waals surface area contributed by atoms with Gasteiger partial charge in [0.25, 0.3) is 0 Å². The summed E-state index contributed by atoms with van der Waals surface area (Å²) in [7, 11) is 0. The number of rotatable bonds is 11. The molecular formula is C27H38N2O10. The van der Waals surface area contributed by atoms with E-state index >= 15 is 0 Å². The van der Waals surface area contributed by atoms with Crippen LogP contribution in [0.5, 0.6) is 5.75 Å². The molecule has 0 bridgehead atoms. The normalized spacial score (nSPS) is 23.4. The molecule has 0 saturated carbocycles. The molecule has 216 valence electrons. The molecular weight excluding hydrogens is 512 g/mol. The smallest absolute Gasteiger partial charge is 0.315 e. The zero-order chi connectivity index (χ0) is 28.7. The molecule has 12 heteroatoms. The lowest BCUT2D eigenvalue weighted by atomic mass is 9.88. The lowest BCUT2D eigenvalue weighted by molar-refractivity contribution is -0.232. The van der Waals surface area contributed by atoms with Gasteiger partial charge in [0, 0.05) is 12.1 Å². The summed E-state index contributed by atoms with van der Waals surface area (Å²) in [5.41, 5.74) is 2.27. The molecule has 39 heavy (non-hydrogen) atoms. The number of nitrogens with one attached hydrogen (secondary N) is 2. The predicted octanol–water partition coefficient (Wildman–Crippen LogP) is -1.64. The van der Waals surface area contributed by atoms with Crippen molar-refractivity contribution in [2.75, 3.05) is 33.0 Å². The van der Waals surface area contributed by atoms with Crippen LogP contribution >= 0.6 is 0 Å². The average molecular weight is 551 g/mol. The van der Waals surface area contributed by atoms with Gasteiger partial charge in [-0.05, 0) is 54.2 Å². The standard InChI is InChI=1S/C27H38N2O10/c1-15-8-20(34)19(25-24(37)23(36)22(35)21(11-30)39-25)10-18(15)9-17-4-2-16(3-5-17)6-7-28-26(38)29-27(12-31,13-32)14-33/h2-5,8,10,21-25,30-37H,6-7,9,11-14H2,1H3,(H2,28,29,38). The third-order valence-electron chi connectivity index (χ3n) is 7.09. The summed E-state index contributed by atoms with van der Waals surface area (Å²) in [6.07, 6.45) is -5.80. The summed E-state index contributed by atoms with van der Waals surface area (Å²) in [6, 6.07) is 10.2. The van der Waals surface area contributed by atoms with Gasteiger partial charge in [0.2, 0.25) is 0 Å². The second-order valence-electron chi connectivity index (χ2n) is 9.97. The fourth-order valence-electron chi connectivity index (χ4n) is 4.45. The summed E-state index contributed by atoms with van der Waals surface area (Å²) in [4.78, 5) is 12.0. The van der Waals surface area contributed by atoms with E-state index < -0.39 is 68.5 Å². The van der Waals surface area contributed by atoms with Gasteiger partial charge in [-0.15, -0.1) is 0 Å². The Morgan fingerprint density at radius 3 is 2.13 bits per heavy atom. The van der Waals surface area contributed by atoms with E-state index in [0.29, 0.717) is 12.8 Å². The second-order valence-corrected chi connectivity index (χ2v) is 9.97. The van der Waals surface area contributed by atoms with Crippen LogP contribution in [0, 0.1) is 6.92 Å². The van der Waals surface area contributed by atoms with Crippen molar-refractivity contribution in [1.29, 1.82) is 0 Å². The van der Waals surface area contributed by atoms with Crippen molar-refractivity contribution in [2.45, 2.75) is 55.8 Å². The Kier molecular flexibility index (Phi) is 10.6. The molecule has 1 fully saturated rings. The van der Waals surface area contributed by atoms with E-state index in [-0.39, 0.29) is 17.9 Å². The van der Waals surface area contributed by atoms with Crippen LogP contribution in [0.15, 0.2) is 36.4 Å². The number of amides is 2. The number of aliphatic hydroxyl groups excluding tert-OH is 7. The number of carbonyl (C=O) groups is 1. The van der Waals surface area contributed by atoms with Crippen molar-refractivity contribution in [3.05, 3.63) is 64.2 Å². The maximum atomic E-state index is 12.0. The Morgan fingerprint density at radius 2 is 1.54 bits per heavy atom. The van der Waals surface area contributed by atoms with Crippen molar-refractivity contribution in [1.82, 2.24) is 10.6 Å². The van der Waals surface area contributed by atoms with E-state index in [9.17, 15) is 45.6 Å². The summed E-state index contributed by atoms with van der Waals surface area (Å²) in [6.45, 7) is -0.292. The van der Waals surface area contributed by atoms with Crippen molar-refractivity contribution in [3.63, 3.8) is 0 Å². The van der Waals surface area contributed by atoms with Gasteiger partial charge in [0.15, 0.2) is 0 Å². The fourth-order valence-corrected chi connectivity index (χ4v) is 4.45. The molecule has 5 atom stereocenters. The minimum Gasteiger partial charge on any atom is -0.508 e. The van der Waals surface area contributed by atoms with Crippen LogP contribution in [0.3, 0.4) is 0 Å². The summed E-state index contributed by atoms with van der Waals surface area (Å²) < 4.78 is 5.62. The predicted molar refractivity (Wildman–Crippen MR) is 139 cm³/mol. The Bertz CT molecular complexity index is 1080. The third-order valence-corrected chi connectivity index (χ3v) is 7.09. The first-order valence-electron chi connectivity index (χ1n) is 12.7. The molecule has 0 aliphatic carbocycles. The summed E-state index contributed by atoms with van der Waals surface area (Å²) in [5.74, 6) is -0.137. The van der Waals surface area contributed by atoms with Gasteiger partial charge in [-0.2, -0.15) is 0 Å². The number of ether oxygens (including phenoxy) is 1. The van der Waals surface area contributed by atoms with Crippen LogP contribution in [-0.4, -0.2) is 110 Å². The monoisotopic (exact) mass is 550 g/mol. The SMILES string of the molecule is Cc1cc(O)c(C2OC(CO)C(O)C(O)C2O)cc1Cc1ccc(CCNC(=O)NC(CO)(CO)CO)cc1. The number of hydrogen-bond donors (Lipinski definition) is 10. The maximum Gasteiger partial charge on any atom is 0.315 e. The number of hydrogen-bond acceptors (Lipinski definition) is 10. The molecule has 0 spiro atoms. The van der Waals surface area contributed by atoms with Gasteiger partial charge in [0.1, 0.15) is 41.8 Å². The Labute approximate surface area is 226 Å². The number of aryl methyl sites for hydroxylation is 1. The second kappa shape index (κ2) is 13.5. The molecule has 12 nitrogen and oxygen atoms in total. The van der Waals surface area contributed by atoms with Crippen LogP contribution in [-0.2, 0) is 17.6 Å². The van der Waals surface area contributed by atoms with E-state index in [4.69, 9.17) is 4.74 Å². The highest BCUT2D eigenvalue weighted by Crippen LogP contribution is 2.38. The number of carbonyl (C=O) groups excluding carboxylic acids is 1. The number of phenols is 1. The number of aliphatic hydroxyl groups is 7. The molecule has 2 amide bonds. The van der Waals surface area contributed by atoms with Gasteiger partial charge < -0.3 is 56.2 Å². The quantitative estimate of drug-likeness (QED) is 0.154. The molecule has 1 aliphatic rings. The minimum absolute atomic E-state index is 0.137. The lowest BCUT2D eigenvalue weighted by Gasteiger charge is -2.40. The molecule has 1 aliphatic heterocycles. The summed E-state index contributed by atoms with van der Waals surface area (Å²) in [5, 5.41) is 83.6. The van der Waals surface area contributed by atoms with Crippen LogP contribution in [0.25, 0.3) is 0 Å². The van der Waals surface area contributed by atoms with Gasteiger partial charge >= 0.3 is 6.03 Å². The molecule has 10 N–H and O–H groups in total. The van der Waals surface area contributed by atoms with E-state index in [1.807, 2.05) is 31.2 Å². The third kappa shape index (κ3) is 7.24. The van der Waals surface area contributed by atoms with Crippen LogP contribution in [0.2, 0.25) is 0 Å². The topological polar surface area (TPSA) is 212 Å². The van der Waals surface area contributed by atoms with E-state index in [1.54, 1.807) is 6.07 Å². The van der Waals surface area contributed by atoms with Crippen molar-refractivity contribution >= 4 is 6.03 Å². The number of benzene rings is 2. The summed E-state index contributed by atoms with van der Waals surface area (Å²) >= 11 is 0. The van der Waals surface area contributed by atoms with Crippen molar-refractivity contribution in [3.8, 4) is 5.75 Å². The van der Waals surface area contributed by atoms with Crippen molar-refractivity contribution < 1.29 is 50.4 Å². The van der Waals surface area contributed by atoms with E-state index in [1.165, 1.54) is 6.07 Å². The highest BCUT2D eigenvalue weighted by molar-refractivity contribution is 5.74. The Hall–Kier alpha value is -2.81. The molecule has 0 aromatic heterocycles. The van der Waals surface area contributed by atoms with Crippen LogP contribution in [0.1, 0.15) is 33.9 Å². The molecule has 2 aromatic carbocycles. The Morgan fingerprint density at radius 1 is 0.923 bits per heavy atom. The van der Waals surface area contributed by atoms with Gasteiger partial charge in [-0.3, -0.25) is 0 Å². The first-order valence-corrected chi connectivity index (χ1v) is 12.7. The van der Waals surface area contributed by atoms with Gasteiger partial charge in [-0.25, -0.2) is 4.79 Å². The number of aromatic hydroxyl groups is 1. The number of urea groups is 1. The highest BCUT2D eigenvalue weighted by atomic mass is 16.5. The average Bonchev–Trinajstić information content (AvgIpc) is 2.93. The molecule has 1 saturated heterocycles. The van der Waals surface area contributed by atoms with Gasteiger partial charge in [-0.1, -0.05) is 24.3 Å². The van der Waals surface area contributed by atoms with Crippen molar-refractivity contribution in [2.24, 2.45) is 0 Å². The van der Waals surface area contributed by atoms with Crippen LogP contribution < -0.4 is 10.6 Å². The lowest BCUT2D eigenvalue weighted by Crippen LogP contribution is -2.59. The van der Waals surface area contributed by atoms with E-state index in [2.05, 4.69) is 10.6 Å². The fraction of sp³-hybridized carbons (Fsp3) is 0.519. The van der Waals surface area contributed by atoms with E-state index in [0.717, 1.165) is 22.3 Å². The van der Waals surface area contributed by atoms with Crippen LogP contribution in [0.4, 0.5) is 4.79 Å².